The largest absolute Gasteiger partial charge is 0.378 e. The first-order valence-electron chi connectivity index (χ1n) is 9.97. The van der Waals surface area contributed by atoms with Gasteiger partial charge in [0.25, 0.3) is 0 Å². The van der Waals surface area contributed by atoms with E-state index in [4.69, 9.17) is 0 Å². The van der Waals surface area contributed by atoms with E-state index in [0.29, 0.717) is 6.54 Å². The maximum absolute atomic E-state index is 12.4. The van der Waals surface area contributed by atoms with E-state index < -0.39 is 5.66 Å². The van der Waals surface area contributed by atoms with E-state index in [9.17, 15) is 4.79 Å². The lowest BCUT2D eigenvalue weighted by atomic mass is 9.75. The number of carbonyl (C=O) groups is 1. The minimum Gasteiger partial charge on any atom is -0.378 e. The summed E-state index contributed by atoms with van der Waals surface area (Å²) in [7, 11) is 4.08. The number of carbonyl (C=O) groups excluding carboxylic acids is 1. The van der Waals surface area contributed by atoms with Crippen molar-refractivity contribution in [3.8, 4) is 0 Å². The van der Waals surface area contributed by atoms with Crippen LogP contribution in [0.25, 0.3) is 6.08 Å². The summed E-state index contributed by atoms with van der Waals surface area (Å²) in [4.78, 5) is 16.7. The molecule has 4 nitrogen and oxygen atoms in total. The van der Waals surface area contributed by atoms with Crippen LogP contribution >= 0.6 is 0 Å². The molecule has 0 radical (unpaired) electrons. The monoisotopic (exact) mass is 375 g/mol. The summed E-state index contributed by atoms with van der Waals surface area (Å²) in [6.45, 7) is 7.04. The van der Waals surface area contributed by atoms with Crippen LogP contribution in [0.2, 0.25) is 0 Å². The summed E-state index contributed by atoms with van der Waals surface area (Å²) in [5.41, 5.74) is 5.32. The summed E-state index contributed by atoms with van der Waals surface area (Å²) in [5, 5.41) is 3.30. The fraction of sp³-hybridized carbons (Fsp3) is 0.375. The van der Waals surface area contributed by atoms with Gasteiger partial charge in [-0.15, -0.1) is 0 Å². The third kappa shape index (κ3) is 2.62. The average Bonchev–Trinajstić information content (AvgIpc) is 3.11. The minimum absolute atomic E-state index is 0.0749. The van der Waals surface area contributed by atoms with Crippen LogP contribution in [0.4, 0.5) is 11.4 Å². The van der Waals surface area contributed by atoms with Crippen molar-refractivity contribution >= 4 is 23.4 Å². The average molecular weight is 376 g/mol. The molecule has 2 aliphatic heterocycles. The van der Waals surface area contributed by atoms with Gasteiger partial charge in [0, 0.05) is 30.9 Å². The van der Waals surface area contributed by atoms with Crippen LogP contribution in [0.1, 0.15) is 37.5 Å². The van der Waals surface area contributed by atoms with Crippen molar-refractivity contribution in [3.63, 3.8) is 0 Å². The number of benzene rings is 2. The van der Waals surface area contributed by atoms with Crippen molar-refractivity contribution in [2.24, 2.45) is 0 Å². The van der Waals surface area contributed by atoms with Crippen molar-refractivity contribution < 1.29 is 4.79 Å². The lowest BCUT2D eigenvalue weighted by Crippen LogP contribution is -2.58. The van der Waals surface area contributed by atoms with Gasteiger partial charge in [0.05, 0.1) is 6.54 Å². The fourth-order valence-electron chi connectivity index (χ4n) is 4.54. The molecule has 1 amide bonds. The summed E-state index contributed by atoms with van der Waals surface area (Å²) in [6, 6.07) is 15.1. The molecule has 2 heterocycles. The smallest absolute Gasteiger partial charge is 0.241 e. The molecule has 2 aromatic rings. The molecule has 1 fully saturated rings. The molecule has 1 N–H and O–H groups in total. The van der Waals surface area contributed by atoms with Crippen LogP contribution in [0.3, 0.4) is 0 Å². The van der Waals surface area contributed by atoms with E-state index in [-0.39, 0.29) is 11.3 Å². The molecule has 0 aromatic heterocycles. The fourth-order valence-corrected chi connectivity index (χ4v) is 4.54. The molecule has 1 saturated heterocycles. The molecule has 4 rings (SSSR count). The topological polar surface area (TPSA) is 35.6 Å². The van der Waals surface area contributed by atoms with Crippen molar-refractivity contribution in [1.82, 2.24) is 5.32 Å². The van der Waals surface area contributed by atoms with Crippen LogP contribution in [-0.2, 0) is 16.6 Å². The Hall–Kier alpha value is -2.75. The summed E-state index contributed by atoms with van der Waals surface area (Å²) < 4.78 is 0. The SMILES string of the molecule is CCc1ccc2c(c1)C(C)(C)[C@]1(/C=C/c3ccc(N(C)C)cc3)NC(=O)CN21. The summed E-state index contributed by atoms with van der Waals surface area (Å²) >= 11 is 0. The van der Waals surface area contributed by atoms with Crippen molar-refractivity contribution in [1.29, 1.82) is 0 Å². The third-order valence-corrected chi connectivity index (χ3v) is 6.37. The highest BCUT2D eigenvalue weighted by Crippen LogP contribution is 2.53. The lowest BCUT2D eigenvalue weighted by Gasteiger charge is -2.40. The Bertz CT molecular complexity index is 943. The molecule has 0 saturated carbocycles. The molecule has 2 aromatic carbocycles. The lowest BCUT2D eigenvalue weighted by molar-refractivity contribution is -0.118. The number of fused-ring (bicyclic) bond motifs is 3. The Morgan fingerprint density at radius 1 is 1.14 bits per heavy atom. The minimum atomic E-state index is -0.543. The van der Waals surface area contributed by atoms with Gasteiger partial charge in [-0.2, -0.15) is 0 Å². The van der Waals surface area contributed by atoms with Crippen LogP contribution in [0, 0.1) is 0 Å². The molecule has 146 valence electrons. The first kappa shape index (κ1) is 18.6. The molecule has 1 atom stereocenters. The number of rotatable bonds is 4. The molecular formula is C24H29N3O. The number of anilines is 2. The zero-order chi connectivity index (χ0) is 20.1. The van der Waals surface area contributed by atoms with E-state index >= 15 is 0 Å². The molecule has 0 unspecified atom stereocenters. The normalized spacial score (nSPS) is 22.3. The van der Waals surface area contributed by atoms with Crippen molar-refractivity contribution in [2.45, 2.75) is 38.3 Å². The van der Waals surface area contributed by atoms with Crippen LogP contribution in [0.15, 0.2) is 48.5 Å². The number of amides is 1. The van der Waals surface area contributed by atoms with Crippen LogP contribution in [0.5, 0.6) is 0 Å². The second-order valence-electron chi connectivity index (χ2n) is 8.55. The Labute approximate surface area is 167 Å². The maximum Gasteiger partial charge on any atom is 0.241 e. The molecule has 0 bridgehead atoms. The number of aryl methyl sites for hydroxylation is 1. The first-order valence-corrected chi connectivity index (χ1v) is 9.97. The highest BCUT2D eigenvalue weighted by atomic mass is 16.2. The number of hydrogen-bond donors (Lipinski definition) is 1. The zero-order valence-corrected chi connectivity index (χ0v) is 17.4. The van der Waals surface area contributed by atoms with Gasteiger partial charge in [0.15, 0.2) is 0 Å². The van der Waals surface area contributed by atoms with Gasteiger partial charge in [-0.1, -0.05) is 51.1 Å². The second kappa shape index (κ2) is 6.40. The summed E-state index contributed by atoms with van der Waals surface area (Å²) in [6.07, 6.45) is 5.32. The molecule has 0 aliphatic carbocycles. The standard InChI is InChI=1S/C24H29N3O/c1-6-17-9-12-21-20(15-17)23(2,3)24(25-22(28)16-27(21)24)14-13-18-7-10-19(11-8-18)26(4)5/h7-15H,6,16H2,1-5H3,(H,25,28)/b14-13+/t24-/m1/s1. The third-order valence-electron chi connectivity index (χ3n) is 6.37. The maximum atomic E-state index is 12.4. The Balaban J connectivity index is 1.76. The predicted molar refractivity (Wildman–Crippen MR) is 117 cm³/mol. The van der Waals surface area contributed by atoms with Crippen LogP contribution in [-0.4, -0.2) is 32.2 Å². The second-order valence-corrected chi connectivity index (χ2v) is 8.55. The molecule has 28 heavy (non-hydrogen) atoms. The highest BCUT2D eigenvalue weighted by molar-refractivity contribution is 5.91. The van der Waals surface area contributed by atoms with E-state index in [1.165, 1.54) is 16.8 Å². The molecule has 4 heteroatoms. The highest BCUT2D eigenvalue weighted by Gasteiger charge is 2.59. The Kier molecular flexibility index (Phi) is 4.25. The van der Waals surface area contributed by atoms with E-state index in [2.05, 4.69) is 90.5 Å². The van der Waals surface area contributed by atoms with Crippen molar-refractivity contribution in [3.05, 3.63) is 65.2 Å². The van der Waals surface area contributed by atoms with Gasteiger partial charge < -0.3 is 15.1 Å². The summed E-state index contributed by atoms with van der Waals surface area (Å²) in [5.74, 6) is 0.0749. The number of nitrogens with zero attached hydrogens (tertiary/aromatic N) is 2. The van der Waals surface area contributed by atoms with E-state index in [1.807, 2.05) is 14.1 Å². The molecule has 0 spiro atoms. The van der Waals surface area contributed by atoms with Gasteiger partial charge in [0.1, 0.15) is 5.66 Å². The number of hydrogen-bond acceptors (Lipinski definition) is 3. The van der Waals surface area contributed by atoms with Crippen LogP contribution < -0.4 is 15.1 Å². The quantitative estimate of drug-likeness (QED) is 0.879. The van der Waals surface area contributed by atoms with Crippen molar-refractivity contribution in [2.75, 3.05) is 30.4 Å². The predicted octanol–water partition coefficient (Wildman–Crippen LogP) is 3.95. The van der Waals surface area contributed by atoms with E-state index in [0.717, 1.165) is 17.7 Å². The van der Waals surface area contributed by atoms with Gasteiger partial charge in [-0.3, -0.25) is 4.79 Å². The Morgan fingerprint density at radius 3 is 2.50 bits per heavy atom. The van der Waals surface area contributed by atoms with Gasteiger partial charge in [-0.25, -0.2) is 0 Å². The molecule has 2 aliphatic rings. The zero-order valence-electron chi connectivity index (χ0n) is 17.4. The first-order chi connectivity index (χ1) is 13.3. The van der Waals surface area contributed by atoms with Gasteiger partial charge >= 0.3 is 0 Å². The van der Waals surface area contributed by atoms with E-state index in [1.54, 1.807) is 0 Å². The van der Waals surface area contributed by atoms with Gasteiger partial charge in [0.2, 0.25) is 5.91 Å². The Morgan fingerprint density at radius 2 is 1.86 bits per heavy atom. The van der Waals surface area contributed by atoms with Gasteiger partial charge in [-0.05, 0) is 47.4 Å². The number of nitrogens with one attached hydrogen (secondary N) is 1. The molecular weight excluding hydrogens is 346 g/mol.